The number of fused-ring (bicyclic) bond motifs is 1. The lowest BCUT2D eigenvalue weighted by Crippen LogP contribution is -1.99. The molecule has 0 N–H and O–H groups in total. The third-order valence-electron chi connectivity index (χ3n) is 3.56. The van der Waals surface area contributed by atoms with Crippen molar-refractivity contribution in [3.05, 3.63) is 74.9 Å². The lowest BCUT2D eigenvalue weighted by molar-refractivity contribution is -0.385. The summed E-state index contributed by atoms with van der Waals surface area (Å²) in [4.78, 5) is 14.8. The van der Waals surface area contributed by atoms with E-state index in [0.717, 1.165) is 16.5 Å². The van der Waals surface area contributed by atoms with Crippen LogP contribution in [0, 0.1) is 17.0 Å². The van der Waals surface area contributed by atoms with Gasteiger partial charge in [-0.25, -0.2) is 0 Å². The van der Waals surface area contributed by atoms with Crippen molar-refractivity contribution in [2.45, 2.75) is 13.5 Å². The Hall–Kier alpha value is -2.66. The molecule has 0 bridgehead atoms. The number of nitro benzene ring substituents is 1. The molecular formula is C17H13ClN2O3. The molecule has 0 aliphatic rings. The first-order chi connectivity index (χ1) is 11.1. The number of nitro groups is 1. The SMILES string of the molecule is Cc1cc(OCc2ccc(Cl)c3cccnc23)ccc1[N+](=O)[O-]. The molecule has 1 aromatic heterocycles. The summed E-state index contributed by atoms with van der Waals surface area (Å²) in [6.07, 6.45) is 1.71. The summed E-state index contributed by atoms with van der Waals surface area (Å²) in [5, 5.41) is 12.3. The Morgan fingerprint density at radius 1 is 1.26 bits per heavy atom. The van der Waals surface area contributed by atoms with E-state index in [4.69, 9.17) is 16.3 Å². The van der Waals surface area contributed by atoms with Crippen molar-refractivity contribution in [2.24, 2.45) is 0 Å². The number of ether oxygens (including phenoxy) is 1. The van der Waals surface area contributed by atoms with Crippen molar-refractivity contribution in [1.82, 2.24) is 4.98 Å². The van der Waals surface area contributed by atoms with E-state index in [2.05, 4.69) is 4.98 Å². The Bertz CT molecular complexity index is 896. The van der Waals surface area contributed by atoms with Crippen LogP contribution in [0.5, 0.6) is 5.75 Å². The fourth-order valence-electron chi connectivity index (χ4n) is 2.40. The van der Waals surface area contributed by atoms with Crippen molar-refractivity contribution in [2.75, 3.05) is 0 Å². The number of halogens is 1. The van der Waals surface area contributed by atoms with E-state index in [1.807, 2.05) is 24.3 Å². The summed E-state index contributed by atoms with van der Waals surface area (Å²) in [6.45, 7) is 1.99. The zero-order chi connectivity index (χ0) is 16.4. The highest BCUT2D eigenvalue weighted by Crippen LogP contribution is 2.27. The number of pyridine rings is 1. The normalized spacial score (nSPS) is 10.7. The minimum absolute atomic E-state index is 0.0796. The number of rotatable bonds is 4. The highest BCUT2D eigenvalue weighted by molar-refractivity contribution is 6.35. The number of hydrogen-bond acceptors (Lipinski definition) is 4. The van der Waals surface area contributed by atoms with E-state index in [-0.39, 0.29) is 5.69 Å². The molecule has 0 spiro atoms. The van der Waals surface area contributed by atoms with Gasteiger partial charge in [0.05, 0.1) is 10.4 Å². The number of aryl methyl sites for hydroxylation is 1. The van der Waals surface area contributed by atoms with E-state index >= 15 is 0 Å². The number of nitrogens with zero attached hydrogens (tertiary/aromatic N) is 2. The fourth-order valence-corrected chi connectivity index (χ4v) is 2.61. The van der Waals surface area contributed by atoms with Crippen molar-refractivity contribution in [3.8, 4) is 5.75 Å². The van der Waals surface area contributed by atoms with Gasteiger partial charge >= 0.3 is 0 Å². The predicted molar refractivity (Wildman–Crippen MR) is 88.9 cm³/mol. The van der Waals surface area contributed by atoms with Gasteiger partial charge in [-0.2, -0.15) is 0 Å². The van der Waals surface area contributed by atoms with E-state index in [1.54, 1.807) is 25.3 Å². The summed E-state index contributed by atoms with van der Waals surface area (Å²) >= 11 is 6.17. The molecule has 0 saturated heterocycles. The second kappa shape index (κ2) is 6.22. The molecule has 0 atom stereocenters. The number of benzene rings is 2. The molecular weight excluding hydrogens is 316 g/mol. The average Bonchev–Trinajstić information content (AvgIpc) is 2.54. The molecule has 0 saturated carbocycles. The van der Waals surface area contributed by atoms with E-state index in [0.29, 0.717) is 22.9 Å². The molecule has 3 aromatic rings. The topological polar surface area (TPSA) is 65.3 Å². The first-order valence-corrected chi connectivity index (χ1v) is 7.34. The minimum Gasteiger partial charge on any atom is -0.489 e. The maximum absolute atomic E-state index is 10.8. The lowest BCUT2D eigenvalue weighted by Gasteiger charge is -2.10. The maximum atomic E-state index is 10.8. The minimum atomic E-state index is -0.407. The summed E-state index contributed by atoms with van der Waals surface area (Å²) in [5.41, 5.74) is 2.34. The molecule has 0 amide bonds. The molecule has 116 valence electrons. The molecule has 23 heavy (non-hydrogen) atoms. The summed E-state index contributed by atoms with van der Waals surface area (Å²) in [5.74, 6) is 0.576. The summed E-state index contributed by atoms with van der Waals surface area (Å²) < 4.78 is 5.75. The third kappa shape index (κ3) is 3.10. The van der Waals surface area contributed by atoms with Gasteiger partial charge in [0.15, 0.2) is 0 Å². The molecule has 0 aliphatic carbocycles. The smallest absolute Gasteiger partial charge is 0.272 e. The van der Waals surface area contributed by atoms with Gasteiger partial charge in [-0.3, -0.25) is 15.1 Å². The number of aromatic nitrogens is 1. The molecule has 3 rings (SSSR count). The lowest BCUT2D eigenvalue weighted by atomic mass is 10.1. The van der Waals surface area contributed by atoms with Crippen molar-refractivity contribution < 1.29 is 9.66 Å². The van der Waals surface area contributed by atoms with E-state index in [1.165, 1.54) is 6.07 Å². The van der Waals surface area contributed by atoms with Gasteiger partial charge in [-0.1, -0.05) is 17.7 Å². The molecule has 0 aliphatic heterocycles. The zero-order valence-electron chi connectivity index (χ0n) is 12.3. The second-order valence-corrected chi connectivity index (χ2v) is 5.51. The molecule has 0 radical (unpaired) electrons. The summed E-state index contributed by atoms with van der Waals surface area (Å²) in [7, 11) is 0. The summed E-state index contributed by atoms with van der Waals surface area (Å²) in [6, 6.07) is 12.1. The molecule has 0 unspecified atom stereocenters. The highest BCUT2D eigenvalue weighted by Gasteiger charge is 2.11. The maximum Gasteiger partial charge on any atom is 0.272 e. The van der Waals surface area contributed by atoms with Crippen LogP contribution < -0.4 is 4.74 Å². The second-order valence-electron chi connectivity index (χ2n) is 5.10. The van der Waals surface area contributed by atoms with Gasteiger partial charge in [0.25, 0.3) is 5.69 Å². The first-order valence-electron chi connectivity index (χ1n) is 6.96. The molecule has 6 heteroatoms. The largest absolute Gasteiger partial charge is 0.489 e. The fraction of sp³-hybridized carbons (Fsp3) is 0.118. The Morgan fingerprint density at radius 3 is 2.83 bits per heavy atom. The van der Waals surface area contributed by atoms with Crippen LogP contribution in [0.4, 0.5) is 5.69 Å². The number of hydrogen-bond donors (Lipinski definition) is 0. The quantitative estimate of drug-likeness (QED) is 0.515. The molecule has 5 nitrogen and oxygen atoms in total. The molecule has 1 heterocycles. The van der Waals surface area contributed by atoms with E-state index < -0.39 is 4.92 Å². The van der Waals surface area contributed by atoms with Crippen LogP contribution in [0.1, 0.15) is 11.1 Å². The first kappa shape index (κ1) is 15.2. The van der Waals surface area contributed by atoms with Gasteiger partial charge in [-0.05, 0) is 37.3 Å². The Kier molecular flexibility index (Phi) is 4.12. The van der Waals surface area contributed by atoms with Crippen LogP contribution in [0.25, 0.3) is 10.9 Å². The molecule has 2 aromatic carbocycles. The van der Waals surface area contributed by atoms with Gasteiger partial charge in [0.2, 0.25) is 0 Å². The van der Waals surface area contributed by atoms with Crippen LogP contribution in [0.15, 0.2) is 48.7 Å². The van der Waals surface area contributed by atoms with Crippen molar-refractivity contribution in [3.63, 3.8) is 0 Å². The Balaban J connectivity index is 1.85. The van der Waals surface area contributed by atoms with Crippen LogP contribution in [-0.4, -0.2) is 9.91 Å². The Labute approximate surface area is 137 Å². The van der Waals surface area contributed by atoms with Gasteiger partial charge in [0, 0.05) is 33.8 Å². The van der Waals surface area contributed by atoms with Crippen LogP contribution in [0.3, 0.4) is 0 Å². The third-order valence-corrected chi connectivity index (χ3v) is 3.89. The van der Waals surface area contributed by atoms with Gasteiger partial charge in [-0.15, -0.1) is 0 Å². The molecule has 0 fully saturated rings. The van der Waals surface area contributed by atoms with E-state index in [9.17, 15) is 10.1 Å². The highest BCUT2D eigenvalue weighted by atomic mass is 35.5. The van der Waals surface area contributed by atoms with Crippen molar-refractivity contribution >= 4 is 28.2 Å². The monoisotopic (exact) mass is 328 g/mol. The standard InChI is InChI=1S/C17H13ClN2O3/c1-11-9-13(5-7-16(11)20(21)22)23-10-12-4-6-15(18)14-3-2-8-19-17(12)14/h2-9H,10H2,1H3. The van der Waals surface area contributed by atoms with Crippen LogP contribution >= 0.6 is 11.6 Å². The zero-order valence-corrected chi connectivity index (χ0v) is 13.1. The van der Waals surface area contributed by atoms with Crippen LogP contribution in [0.2, 0.25) is 5.02 Å². The average molecular weight is 329 g/mol. The Morgan fingerprint density at radius 2 is 2.09 bits per heavy atom. The van der Waals surface area contributed by atoms with Gasteiger partial charge in [0.1, 0.15) is 12.4 Å². The van der Waals surface area contributed by atoms with Crippen LogP contribution in [-0.2, 0) is 6.61 Å². The predicted octanol–water partition coefficient (Wildman–Crippen LogP) is 4.68. The van der Waals surface area contributed by atoms with Crippen molar-refractivity contribution in [1.29, 1.82) is 0 Å². The van der Waals surface area contributed by atoms with Gasteiger partial charge < -0.3 is 4.74 Å².